The molecule has 0 unspecified atom stereocenters. The third-order valence-corrected chi connectivity index (χ3v) is 3.29. The Morgan fingerprint density at radius 2 is 2.06 bits per heavy atom. The van der Waals surface area contributed by atoms with Gasteiger partial charge in [-0.2, -0.15) is 4.39 Å². The highest BCUT2D eigenvalue weighted by Gasteiger charge is 2.25. The molecule has 0 bridgehead atoms. The summed E-state index contributed by atoms with van der Waals surface area (Å²) in [5.74, 6) is -3.55. The van der Waals surface area contributed by atoms with Crippen LogP contribution in [0.3, 0.4) is 0 Å². The molecule has 2 N–H and O–H groups in total. The fourth-order valence-electron chi connectivity index (χ4n) is 2.34. The number of hydrogen-bond donors (Lipinski definition) is 2. The van der Waals surface area contributed by atoms with Crippen molar-refractivity contribution in [1.82, 2.24) is 4.73 Å². The lowest BCUT2D eigenvalue weighted by Gasteiger charge is -2.23. The number of nitrogens with zero attached hydrogens (tertiary/aromatic N) is 1. The van der Waals surface area contributed by atoms with Crippen molar-refractivity contribution in [2.45, 2.75) is 38.0 Å². The Hall–Kier alpha value is -1.85. The summed E-state index contributed by atoms with van der Waals surface area (Å²) in [7, 11) is 0. The minimum Gasteiger partial charge on any atom is -0.478 e. The largest absolute Gasteiger partial charge is 0.478 e. The van der Waals surface area contributed by atoms with Crippen LogP contribution in [0.15, 0.2) is 10.8 Å². The molecule has 0 atom stereocenters. The van der Waals surface area contributed by atoms with Gasteiger partial charge in [-0.3, -0.25) is 4.79 Å². The minimum absolute atomic E-state index is 0.0940. The highest BCUT2D eigenvalue weighted by Crippen LogP contribution is 2.32. The van der Waals surface area contributed by atoms with E-state index in [0.717, 1.165) is 19.3 Å². The van der Waals surface area contributed by atoms with Crippen LogP contribution >= 0.6 is 0 Å². The monoisotopic (exact) mass is 256 g/mol. The molecule has 0 spiro atoms. The van der Waals surface area contributed by atoms with Crippen LogP contribution in [0.2, 0.25) is 0 Å². The zero-order valence-electron chi connectivity index (χ0n) is 10.6. The second-order valence-corrected chi connectivity index (χ2v) is 4.46. The standard InChI is InChI=1S/C12H14FNO4/c13-10-8(12(16)17)6-9(14(18)11(10)15)7-4-2-1-3-5-7/h6-7,18H,1-5H2,(H,16,17)/i6D. The molecule has 1 aliphatic carbocycles. The predicted octanol–water partition coefficient (Wildman–Crippen LogP) is 1.97. The SMILES string of the molecule is [2H]c1c(C(=O)O)c(F)c(=O)n(O)c1C1CCCCC1. The van der Waals surface area contributed by atoms with Crippen LogP contribution in [0.5, 0.6) is 0 Å². The number of aromatic nitrogens is 1. The van der Waals surface area contributed by atoms with Gasteiger partial charge in [0.2, 0.25) is 5.82 Å². The fourth-order valence-corrected chi connectivity index (χ4v) is 2.34. The molecule has 0 radical (unpaired) electrons. The topological polar surface area (TPSA) is 79.5 Å². The van der Waals surface area contributed by atoms with Crippen LogP contribution in [-0.4, -0.2) is 21.0 Å². The molecule has 1 heterocycles. The lowest BCUT2D eigenvalue weighted by molar-refractivity contribution is 0.0688. The van der Waals surface area contributed by atoms with E-state index in [9.17, 15) is 19.2 Å². The average Bonchev–Trinajstić information content (AvgIpc) is 2.37. The molecular formula is C12H14FNO4. The molecule has 0 saturated heterocycles. The summed E-state index contributed by atoms with van der Waals surface area (Å²) in [6.07, 6.45) is 4.07. The smallest absolute Gasteiger partial charge is 0.338 e. The van der Waals surface area contributed by atoms with Crippen LogP contribution in [0.4, 0.5) is 4.39 Å². The maximum atomic E-state index is 13.5. The Balaban J connectivity index is 2.66. The lowest BCUT2D eigenvalue weighted by atomic mass is 9.86. The van der Waals surface area contributed by atoms with E-state index in [2.05, 4.69) is 0 Å². The Labute approximate surface area is 104 Å². The average molecular weight is 256 g/mol. The number of carboxylic acid groups (broad SMARTS) is 1. The first-order chi connectivity index (χ1) is 8.95. The van der Waals surface area contributed by atoms with E-state index in [4.69, 9.17) is 6.48 Å². The summed E-state index contributed by atoms with van der Waals surface area (Å²) in [5, 5.41) is 18.6. The van der Waals surface area contributed by atoms with Crippen molar-refractivity contribution >= 4 is 5.97 Å². The molecule has 98 valence electrons. The van der Waals surface area contributed by atoms with Crippen molar-refractivity contribution in [3.8, 4) is 0 Å². The second-order valence-electron chi connectivity index (χ2n) is 4.46. The van der Waals surface area contributed by atoms with Crippen molar-refractivity contribution in [3.05, 3.63) is 33.5 Å². The number of halogens is 1. The zero-order valence-corrected chi connectivity index (χ0v) is 9.65. The van der Waals surface area contributed by atoms with Crippen LogP contribution < -0.4 is 5.56 Å². The van der Waals surface area contributed by atoms with Crippen molar-refractivity contribution in [2.24, 2.45) is 0 Å². The van der Waals surface area contributed by atoms with E-state index >= 15 is 0 Å². The molecule has 1 fully saturated rings. The molecule has 2 rings (SSSR count). The van der Waals surface area contributed by atoms with Gasteiger partial charge in [-0.15, -0.1) is 4.73 Å². The fraction of sp³-hybridized carbons (Fsp3) is 0.500. The first-order valence-corrected chi connectivity index (χ1v) is 5.82. The number of carbonyl (C=O) groups is 1. The molecule has 1 aliphatic rings. The van der Waals surface area contributed by atoms with E-state index in [-0.39, 0.29) is 16.3 Å². The van der Waals surface area contributed by atoms with Gasteiger partial charge < -0.3 is 10.3 Å². The maximum absolute atomic E-state index is 13.5. The summed E-state index contributed by atoms with van der Waals surface area (Å²) in [6, 6.07) is -0.612. The van der Waals surface area contributed by atoms with E-state index in [1.165, 1.54) is 0 Å². The van der Waals surface area contributed by atoms with Gasteiger partial charge in [-0.1, -0.05) is 19.3 Å². The molecule has 1 saturated carbocycles. The molecule has 5 nitrogen and oxygen atoms in total. The lowest BCUT2D eigenvalue weighted by Crippen LogP contribution is -2.29. The molecule has 1 aromatic rings. The van der Waals surface area contributed by atoms with Crippen molar-refractivity contribution in [3.63, 3.8) is 0 Å². The van der Waals surface area contributed by atoms with E-state index < -0.39 is 29.0 Å². The van der Waals surface area contributed by atoms with Crippen molar-refractivity contribution in [1.29, 1.82) is 0 Å². The second kappa shape index (κ2) is 4.80. The quantitative estimate of drug-likeness (QED) is 0.793. The summed E-state index contributed by atoms with van der Waals surface area (Å²) in [6.45, 7) is 0. The maximum Gasteiger partial charge on any atom is 0.338 e. The highest BCUT2D eigenvalue weighted by atomic mass is 19.1. The predicted molar refractivity (Wildman–Crippen MR) is 60.6 cm³/mol. The first kappa shape index (κ1) is 11.3. The van der Waals surface area contributed by atoms with Crippen molar-refractivity contribution in [2.75, 3.05) is 0 Å². The van der Waals surface area contributed by atoms with Crippen LogP contribution in [0.25, 0.3) is 0 Å². The third kappa shape index (κ3) is 2.10. The Morgan fingerprint density at radius 3 is 2.61 bits per heavy atom. The number of hydrogen-bond acceptors (Lipinski definition) is 3. The molecule has 6 heteroatoms. The summed E-state index contributed by atoms with van der Waals surface area (Å²) in [4.78, 5) is 22.5. The van der Waals surface area contributed by atoms with Gasteiger partial charge >= 0.3 is 11.5 Å². The molecule has 1 aromatic heterocycles. The Bertz CT molecular complexity index is 578. The van der Waals surface area contributed by atoms with Gasteiger partial charge in [0.1, 0.15) is 5.56 Å². The van der Waals surface area contributed by atoms with Crippen molar-refractivity contribution < 1.29 is 20.9 Å². The Morgan fingerprint density at radius 1 is 1.44 bits per heavy atom. The van der Waals surface area contributed by atoms with Crippen LogP contribution in [0.1, 0.15) is 55.4 Å². The van der Waals surface area contributed by atoms with Gasteiger partial charge in [0.15, 0.2) is 0 Å². The van der Waals surface area contributed by atoms with Gasteiger partial charge in [0.25, 0.3) is 0 Å². The van der Waals surface area contributed by atoms with Gasteiger partial charge in [0.05, 0.1) is 7.06 Å². The molecule has 0 amide bonds. The highest BCUT2D eigenvalue weighted by molar-refractivity contribution is 5.87. The summed E-state index contributed by atoms with van der Waals surface area (Å²) < 4.78 is 21.4. The molecular weight excluding hydrogens is 241 g/mol. The van der Waals surface area contributed by atoms with Crippen LogP contribution in [-0.2, 0) is 0 Å². The molecule has 0 aromatic carbocycles. The number of rotatable bonds is 2. The number of aromatic carboxylic acids is 1. The molecule has 0 aliphatic heterocycles. The minimum atomic E-state index is -1.67. The van der Waals surface area contributed by atoms with Gasteiger partial charge in [-0.25, -0.2) is 4.79 Å². The summed E-state index contributed by atoms with van der Waals surface area (Å²) >= 11 is 0. The third-order valence-electron chi connectivity index (χ3n) is 3.29. The van der Waals surface area contributed by atoms with E-state index in [1.54, 1.807) is 0 Å². The van der Waals surface area contributed by atoms with Crippen LogP contribution in [0, 0.1) is 5.82 Å². The first-order valence-electron chi connectivity index (χ1n) is 6.32. The number of carboxylic acids is 1. The summed E-state index contributed by atoms with van der Waals surface area (Å²) in [5.41, 5.74) is -2.46. The van der Waals surface area contributed by atoms with E-state index in [0.29, 0.717) is 12.8 Å². The van der Waals surface area contributed by atoms with Gasteiger partial charge in [-0.05, 0) is 18.9 Å². The molecule has 18 heavy (non-hydrogen) atoms. The number of pyridine rings is 1. The zero-order chi connectivity index (χ0) is 14.2. The van der Waals surface area contributed by atoms with E-state index in [1.807, 2.05) is 0 Å². The normalized spacial score (nSPS) is 17.5. The van der Waals surface area contributed by atoms with Gasteiger partial charge in [0, 0.05) is 5.92 Å². The Kier molecular flexibility index (Phi) is 3.00.